The number of hydrogen-bond donors (Lipinski definition) is 2. The van der Waals surface area contributed by atoms with Crippen molar-refractivity contribution >= 4 is 16.7 Å². The van der Waals surface area contributed by atoms with Crippen molar-refractivity contribution in [3.8, 4) is 11.5 Å². The van der Waals surface area contributed by atoms with E-state index in [-0.39, 0.29) is 11.8 Å². The van der Waals surface area contributed by atoms with Gasteiger partial charge < -0.3 is 15.2 Å². The first-order valence-electron chi connectivity index (χ1n) is 7.02. The van der Waals surface area contributed by atoms with Gasteiger partial charge in [0, 0.05) is 17.5 Å². The normalized spacial score (nSPS) is 12.1. The van der Waals surface area contributed by atoms with Crippen LogP contribution in [-0.2, 0) is 0 Å². The van der Waals surface area contributed by atoms with Crippen LogP contribution < -0.4 is 10.1 Å². The first kappa shape index (κ1) is 14.1. The third-order valence-electron chi connectivity index (χ3n) is 3.59. The van der Waals surface area contributed by atoms with Crippen LogP contribution in [0.3, 0.4) is 0 Å². The monoisotopic (exact) mass is 295 g/mol. The Labute approximate surface area is 128 Å². The molecule has 1 heterocycles. The zero-order valence-corrected chi connectivity index (χ0v) is 12.4. The summed E-state index contributed by atoms with van der Waals surface area (Å²) >= 11 is 0. The summed E-state index contributed by atoms with van der Waals surface area (Å²) in [5.74, 6) is 1.15. The number of nitrogens with zero attached hydrogens (tertiary/aromatic N) is 2. The van der Waals surface area contributed by atoms with Crippen molar-refractivity contribution in [3.05, 3.63) is 54.4 Å². The van der Waals surface area contributed by atoms with Crippen molar-refractivity contribution < 1.29 is 9.84 Å². The Balaban J connectivity index is 1.99. The number of anilines is 1. The molecule has 0 saturated heterocycles. The third-order valence-corrected chi connectivity index (χ3v) is 3.59. The van der Waals surface area contributed by atoms with Crippen LogP contribution in [0.2, 0.25) is 0 Å². The Kier molecular flexibility index (Phi) is 3.78. The minimum absolute atomic E-state index is 0.0696. The number of methoxy groups -OCH3 is 1. The number of fused-ring (bicyclic) bond motifs is 1. The minimum Gasteiger partial charge on any atom is -0.504 e. The largest absolute Gasteiger partial charge is 0.504 e. The second-order valence-corrected chi connectivity index (χ2v) is 5.04. The van der Waals surface area contributed by atoms with Gasteiger partial charge in [-0.1, -0.05) is 30.3 Å². The van der Waals surface area contributed by atoms with Gasteiger partial charge in [0.1, 0.15) is 12.1 Å². The summed E-state index contributed by atoms with van der Waals surface area (Å²) in [6, 6.07) is 13.5. The van der Waals surface area contributed by atoms with Crippen LogP contribution in [0, 0.1) is 0 Å². The quantitative estimate of drug-likeness (QED) is 0.771. The Hall–Kier alpha value is -2.82. The number of ether oxygens (including phenoxy) is 1. The first-order valence-corrected chi connectivity index (χ1v) is 7.02. The molecule has 0 aliphatic carbocycles. The summed E-state index contributed by atoms with van der Waals surface area (Å²) in [5.41, 5.74) is 1.87. The van der Waals surface area contributed by atoms with Crippen LogP contribution in [0.4, 0.5) is 5.82 Å². The average Bonchev–Trinajstić information content (AvgIpc) is 2.55. The van der Waals surface area contributed by atoms with E-state index in [9.17, 15) is 5.11 Å². The first-order chi connectivity index (χ1) is 10.7. The zero-order valence-electron chi connectivity index (χ0n) is 12.4. The topological polar surface area (TPSA) is 67.3 Å². The van der Waals surface area contributed by atoms with Crippen molar-refractivity contribution in [2.75, 3.05) is 12.4 Å². The summed E-state index contributed by atoms with van der Waals surface area (Å²) < 4.78 is 5.11. The summed E-state index contributed by atoms with van der Waals surface area (Å²) in [6.45, 7) is 2.06. The summed E-state index contributed by atoms with van der Waals surface area (Å²) in [5, 5.41) is 14.1. The number of rotatable bonds is 4. The SMILES string of the molecule is COc1cc2ncnc(NC(C)c3ccccc3)c2cc1O. The van der Waals surface area contributed by atoms with E-state index in [2.05, 4.69) is 34.3 Å². The molecular formula is C17H17N3O2. The number of nitrogens with one attached hydrogen (secondary N) is 1. The Morgan fingerprint density at radius 3 is 2.64 bits per heavy atom. The lowest BCUT2D eigenvalue weighted by molar-refractivity contribution is 0.374. The van der Waals surface area contributed by atoms with E-state index in [1.165, 1.54) is 13.4 Å². The highest BCUT2D eigenvalue weighted by molar-refractivity contribution is 5.91. The molecule has 0 radical (unpaired) electrons. The zero-order chi connectivity index (χ0) is 15.5. The van der Waals surface area contributed by atoms with Crippen molar-refractivity contribution in [1.29, 1.82) is 0 Å². The van der Waals surface area contributed by atoms with Gasteiger partial charge in [-0.05, 0) is 18.6 Å². The molecule has 3 aromatic rings. The number of phenolic OH excluding ortho intramolecular Hbond substituents is 1. The fourth-order valence-corrected chi connectivity index (χ4v) is 2.38. The molecular weight excluding hydrogens is 278 g/mol. The highest BCUT2D eigenvalue weighted by atomic mass is 16.5. The fourth-order valence-electron chi connectivity index (χ4n) is 2.38. The smallest absolute Gasteiger partial charge is 0.162 e. The highest BCUT2D eigenvalue weighted by Crippen LogP contribution is 2.33. The molecule has 5 nitrogen and oxygen atoms in total. The molecule has 0 aliphatic heterocycles. The predicted molar refractivity (Wildman–Crippen MR) is 86.2 cm³/mol. The van der Waals surface area contributed by atoms with Gasteiger partial charge in [0.25, 0.3) is 0 Å². The van der Waals surface area contributed by atoms with Gasteiger partial charge in [0.15, 0.2) is 11.5 Å². The predicted octanol–water partition coefficient (Wildman–Crippen LogP) is 3.52. The molecule has 0 amide bonds. The average molecular weight is 295 g/mol. The highest BCUT2D eigenvalue weighted by Gasteiger charge is 2.12. The Morgan fingerprint density at radius 2 is 1.91 bits per heavy atom. The molecule has 0 saturated carbocycles. The van der Waals surface area contributed by atoms with Crippen LogP contribution in [0.25, 0.3) is 10.9 Å². The van der Waals surface area contributed by atoms with E-state index in [1.54, 1.807) is 12.1 Å². The van der Waals surface area contributed by atoms with Crippen LogP contribution in [0.5, 0.6) is 11.5 Å². The standard InChI is InChI=1S/C17H17N3O2/c1-11(12-6-4-3-5-7-12)20-17-13-8-15(21)16(22-2)9-14(13)18-10-19-17/h3-11,21H,1-2H3,(H,18,19,20). The maximum atomic E-state index is 9.98. The summed E-state index contributed by atoms with van der Waals surface area (Å²) in [7, 11) is 1.51. The van der Waals surface area contributed by atoms with E-state index in [4.69, 9.17) is 4.74 Å². The minimum atomic E-state index is 0.0696. The molecule has 5 heteroatoms. The second kappa shape index (κ2) is 5.89. The summed E-state index contributed by atoms with van der Waals surface area (Å²) in [6.07, 6.45) is 1.50. The Morgan fingerprint density at radius 1 is 1.14 bits per heavy atom. The van der Waals surface area contributed by atoms with E-state index < -0.39 is 0 Å². The third kappa shape index (κ3) is 2.65. The van der Waals surface area contributed by atoms with E-state index in [0.29, 0.717) is 17.1 Å². The number of benzene rings is 2. The molecule has 112 valence electrons. The van der Waals surface area contributed by atoms with Gasteiger partial charge in [-0.25, -0.2) is 9.97 Å². The van der Waals surface area contributed by atoms with E-state index in [1.807, 2.05) is 18.2 Å². The van der Waals surface area contributed by atoms with Gasteiger partial charge >= 0.3 is 0 Å². The molecule has 2 N–H and O–H groups in total. The molecule has 22 heavy (non-hydrogen) atoms. The lowest BCUT2D eigenvalue weighted by Crippen LogP contribution is -2.08. The van der Waals surface area contributed by atoms with Gasteiger partial charge in [0.05, 0.1) is 12.6 Å². The number of aromatic nitrogens is 2. The van der Waals surface area contributed by atoms with Gasteiger partial charge in [-0.2, -0.15) is 0 Å². The molecule has 2 aromatic carbocycles. The van der Waals surface area contributed by atoms with Crippen molar-refractivity contribution in [2.45, 2.75) is 13.0 Å². The lowest BCUT2D eigenvalue weighted by atomic mass is 10.1. The van der Waals surface area contributed by atoms with E-state index >= 15 is 0 Å². The Bertz CT molecular complexity index is 791. The fraction of sp³-hybridized carbons (Fsp3) is 0.176. The second-order valence-electron chi connectivity index (χ2n) is 5.04. The number of hydrogen-bond acceptors (Lipinski definition) is 5. The maximum absolute atomic E-state index is 9.98. The van der Waals surface area contributed by atoms with Crippen molar-refractivity contribution in [1.82, 2.24) is 9.97 Å². The van der Waals surface area contributed by atoms with Crippen LogP contribution in [0.1, 0.15) is 18.5 Å². The van der Waals surface area contributed by atoms with Gasteiger partial charge in [-0.3, -0.25) is 0 Å². The van der Waals surface area contributed by atoms with Crippen molar-refractivity contribution in [2.24, 2.45) is 0 Å². The molecule has 3 rings (SSSR count). The van der Waals surface area contributed by atoms with Gasteiger partial charge in [-0.15, -0.1) is 0 Å². The van der Waals surface area contributed by atoms with Crippen LogP contribution >= 0.6 is 0 Å². The molecule has 0 spiro atoms. The molecule has 1 aromatic heterocycles. The molecule has 0 aliphatic rings. The van der Waals surface area contributed by atoms with Crippen molar-refractivity contribution in [3.63, 3.8) is 0 Å². The number of phenols is 1. The van der Waals surface area contributed by atoms with Crippen LogP contribution in [0.15, 0.2) is 48.8 Å². The van der Waals surface area contributed by atoms with Gasteiger partial charge in [0.2, 0.25) is 0 Å². The van der Waals surface area contributed by atoms with E-state index in [0.717, 1.165) is 10.9 Å². The maximum Gasteiger partial charge on any atom is 0.162 e. The molecule has 1 unspecified atom stereocenters. The summed E-state index contributed by atoms with van der Waals surface area (Å²) in [4.78, 5) is 8.52. The number of aromatic hydroxyl groups is 1. The van der Waals surface area contributed by atoms with Crippen LogP contribution in [-0.4, -0.2) is 22.2 Å². The molecule has 0 bridgehead atoms. The molecule has 0 fully saturated rings. The molecule has 1 atom stereocenters. The lowest BCUT2D eigenvalue weighted by Gasteiger charge is -2.16.